The Labute approximate surface area is 179 Å². The zero-order valence-corrected chi connectivity index (χ0v) is 18.1. The van der Waals surface area contributed by atoms with Crippen molar-refractivity contribution in [2.75, 3.05) is 32.6 Å². The number of H-pyrrole nitrogens is 2. The van der Waals surface area contributed by atoms with Gasteiger partial charge in [0.15, 0.2) is 11.5 Å². The monoisotopic (exact) mass is 421 g/mol. The molecule has 0 fully saturated rings. The molecule has 31 heavy (non-hydrogen) atoms. The first-order valence-corrected chi connectivity index (χ1v) is 10.1. The fourth-order valence-electron chi connectivity index (χ4n) is 3.50. The van der Waals surface area contributed by atoms with Crippen molar-refractivity contribution in [3.63, 3.8) is 0 Å². The number of nitrogens with one attached hydrogen (secondary N) is 3. The zero-order chi connectivity index (χ0) is 22.2. The number of hydrogen-bond donors (Lipinski definition) is 4. The van der Waals surface area contributed by atoms with E-state index in [1.54, 1.807) is 20.3 Å². The summed E-state index contributed by atoms with van der Waals surface area (Å²) in [6.45, 7) is 5.21. The van der Waals surface area contributed by atoms with Crippen LogP contribution in [0.25, 0.3) is 33.3 Å². The van der Waals surface area contributed by atoms with Gasteiger partial charge in [-0.15, -0.1) is 0 Å². The van der Waals surface area contributed by atoms with Crippen molar-refractivity contribution < 1.29 is 9.47 Å². The van der Waals surface area contributed by atoms with E-state index in [2.05, 4.69) is 34.1 Å². The standard InChI is InChI=1S/C23H27N5O3/c1-23(2,11-24)12-25-20-13-9-17(30-3)18(31-4)10-16(13)28-22(29)19(20)21-26-14-7-5-6-8-15(14)27-21/h5-10H,11-12,24H2,1-4H3,(H,26,27)(H2,25,28,29). The molecule has 2 aromatic heterocycles. The molecule has 4 rings (SSSR count). The predicted octanol–water partition coefficient (Wildman–Crippen LogP) is 3.49. The number of pyridine rings is 1. The molecule has 5 N–H and O–H groups in total. The summed E-state index contributed by atoms with van der Waals surface area (Å²) >= 11 is 0. The van der Waals surface area contributed by atoms with E-state index in [-0.39, 0.29) is 11.0 Å². The van der Waals surface area contributed by atoms with Gasteiger partial charge in [-0.1, -0.05) is 26.0 Å². The predicted molar refractivity (Wildman–Crippen MR) is 124 cm³/mol. The van der Waals surface area contributed by atoms with Gasteiger partial charge in [-0.25, -0.2) is 4.98 Å². The summed E-state index contributed by atoms with van der Waals surface area (Å²) in [6, 6.07) is 11.3. The van der Waals surface area contributed by atoms with Crippen LogP contribution in [0, 0.1) is 5.41 Å². The van der Waals surface area contributed by atoms with Crippen LogP contribution in [-0.2, 0) is 0 Å². The van der Waals surface area contributed by atoms with E-state index in [9.17, 15) is 4.79 Å². The minimum Gasteiger partial charge on any atom is -0.493 e. The molecule has 8 heteroatoms. The number of anilines is 1. The van der Waals surface area contributed by atoms with Crippen LogP contribution in [-0.4, -0.2) is 42.3 Å². The second-order valence-corrected chi connectivity index (χ2v) is 8.28. The summed E-state index contributed by atoms with van der Waals surface area (Å²) < 4.78 is 10.9. The highest BCUT2D eigenvalue weighted by Gasteiger charge is 2.22. The normalized spacial score (nSPS) is 11.8. The lowest BCUT2D eigenvalue weighted by molar-refractivity contribution is 0.356. The van der Waals surface area contributed by atoms with Crippen LogP contribution in [0.15, 0.2) is 41.2 Å². The number of aromatic nitrogens is 3. The third-order valence-electron chi connectivity index (χ3n) is 5.44. The average molecular weight is 422 g/mol. The molecule has 0 aliphatic carbocycles. The molecule has 0 saturated carbocycles. The van der Waals surface area contributed by atoms with Crippen molar-refractivity contribution in [1.29, 1.82) is 0 Å². The van der Waals surface area contributed by atoms with Gasteiger partial charge in [0.1, 0.15) is 11.4 Å². The van der Waals surface area contributed by atoms with Gasteiger partial charge in [0, 0.05) is 18.0 Å². The number of aromatic amines is 2. The van der Waals surface area contributed by atoms with Crippen molar-refractivity contribution in [3.05, 3.63) is 46.8 Å². The van der Waals surface area contributed by atoms with Gasteiger partial charge in [-0.3, -0.25) is 4.79 Å². The molecule has 0 radical (unpaired) electrons. The van der Waals surface area contributed by atoms with E-state index in [4.69, 9.17) is 15.2 Å². The summed E-state index contributed by atoms with van der Waals surface area (Å²) in [5.41, 5.74) is 8.89. The van der Waals surface area contributed by atoms with Crippen molar-refractivity contribution >= 4 is 27.6 Å². The van der Waals surface area contributed by atoms with Crippen LogP contribution >= 0.6 is 0 Å². The molecule has 0 amide bonds. The molecule has 2 heterocycles. The summed E-state index contributed by atoms with van der Waals surface area (Å²) in [4.78, 5) is 24.1. The van der Waals surface area contributed by atoms with Crippen LogP contribution in [0.1, 0.15) is 13.8 Å². The van der Waals surface area contributed by atoms with Gasteiger partial charge >= 0.3 is 0 Å². The van der Waals surface area contributed by atoms with Crippen molar-refractivity contribution in [1.82, 2.24) is 15.0 Å². The van der Waals surface area contributed by atoms with E-state index >= 15 is 0 Å². The molecule has 0 bridgehead atoms. The zero-order valence-electron chi connectivity index (χ0n) is 18.1. The third kappa shape index (κ3) is 3.82. The van der Waals surface area contributed by atoms with E-state index < -0.39 is 0 Å². The maximum Gasteiger partial charge on any atom is 0.261 e. The number of fused-ring (bicyclic) bond motifs is 2. The van der Waals surface area contributed by atoms with Gasteiger partial charge in [-0.2, -0.15) is 0 Å². The number of imidazole rings is 1. The SMILES string of the molecule is COc1cc2[nH]c(=O)c(-c3nc4ccccc4[nH]3)c(NCC(C)(C)CN)c2cc1OC. The molecule has 0 saturated heterocycles. The summed E-state index contributed by atoms with van der Waals surface area (Å²) in [6.07, 6.45) is 0. The van der Waals surface area contributed by atoms with Crippen molar-refractivity contribution in [3.8, 4) is 22.9 Å². The number of nitrogens with two attached hydrogens (primary N) is 1. The number of para-hydroxylation sites is 2. The van der Waals surface area contributed by atoms with Crippen LogP contribution in [0.4, 0.5) is 5.69 Å². The van der Waals surface area contributed by atoms with E-state index in [0.717, 1.165) is 16.4 Å². The molecule has 0 unspecified atom stereocenters. The highest BCUT2D eigenvalue weighted by molar-refractivity contribution is 6.00. The van der Waals surface area contributed by atoms with Crippen LogP contribution in [0.5, 0.6) is 11.5 Å². The van der Waals surface area contributed by atoms with E-state index in [1.807, 2.05) is 30.3 Å². The highest BCUT2D eigenvalue weighted by Crippen LogP contribution is 2.37. The topological polar surface area (TPSA) is 118 Å². The Hall–Kier alpha value is -3.52. The second-order valence-electron chi connectivity index (χ2n) is 8.28. The Balaban J connectivity index is 2.00. The summed E-state index contributed by atoms with van der Waals surface area (Å²) in [5.74, 6) is 1.60. The summed E-state index contributed by atoms with van der Waals surface area (Å²) in [5, 5.41) is 4.26. The number of benzene rings is 2. The number of ether oxygens (including phenoxy) is 2. The molecular weight excluding hydrogens is 394 g/mol. The first kappa shape index (κ1) is 20.7. The van der Waals surface area contributed by atoms with Gasteiger partial charge in [-0.05, 0) is 30.2 Å². The Morgan fingerprint density at radius 3 is 2.45 bits per heavy atom. The Morgan fingerprint density at radius 2 is 1.77 bits per heavy atom. The lowest BCUT2D eigenvalue weighted by atomic mass is 9.93. The Kier molecular flexibility index (Phi) is 5.32. The lowest BCUT2D eigenvalue weighted by Gasteiger charge is -2.25. The average Bonchev–Trinajstić information content (AvgIpc) is 3.19. The first-order chi connectivity index (χ1) is 14.9. The minimum absolute atomic E-state index is 0.170. The molecule has 4 aromatic rings. The number of nitrogens with zero attached hydrogens (tertiary/aromatic N) is 1. The molecule has 0 atom stereocenters. The number of methoxy groups -OCH3 is 2. The molecule has 0 spiro atoms. The fraction of sp³-hybridized carbons (Fsp3) is 0.304. The molecule has 2 aromatic carbocycles. The number of hydrogen-bond acceptors (Lipinski definition) is 6. The Morgan fingerprint density at radius 1 is 1.06 bits per heavy atom. The van der Waals surface area contributed by atoms with Crippen molar-refractivity contribution in [2.24, 2.45) is 11.1 Å². The largest absolute Gasteiger partial charge is 0.493 e. The number of rotatable bonds is 7. The van der Waals surface area contributed by atoms with Crippen LogP contribution < -0.4 is 26.1 Å². The van der Waals surface area contributed by atoms with Crippen LogP contribution in [0.2, 0.25) is 0 Å². The highest BCUT2D eigenvalue weighted by atomic mass is 16.5. The van der Waals surface area contributed by atoms with Crippen molar-refractivity contribution in [2.45, 2.75) is 13.8 Å². The quantitative estimate of drug-likeness (QED) is 0.363. The lowest BCUT2D eigenvalue weighted by Crippen LogP contribution is -2.32. The minimum atomic E-state index is -0.258. The van der Waals surface area contributed by atoms with Gasteiger partial charge in [0.2, 0.25) is 0 Å². The van der Waals surface area contributed by atoms with E-state index in [1.165, 1.54) is 0 Å². The summed E-state index contributed by atoms with van der Waals surface area (Å²) in [7, 11) is 3.15. The molecular formula is C23H27N5O3. The molecule has 0 aliphatic heterocycles. The van der Waals surface area contributed by atoms with Crippen LogP contribution in [0.3, 0.4) is 0 Å². The molecule has 0 aliphatic rings. The van der Waals surface area contributed by atoms with Gasteiger partial charge in [0.05, 0.1) is 36.5 Å². The maximum atomic E-state index is 13.2. The molecule has 162 valence electrons. The first-order valence-electron chi connectivity index (χ1n) is 10.1. The molecule has 8 nitrogen and oxygen atoms in total. The van der Waals surface area contributed by atoms with Gasteiger partial charge < -0.3 is 30.5 Å². The second kappa shape index (κ2) is 7.96. The van der Waals surface area contributed by atoms with E-state index in [0.29, 0.717) is 47.2 Å². The smallest absolute Gasteiger partial charge is 0.261 e. The van der Waals surface area contributed by atoms with Gasteiger partial charge in [0.25, 0.3) is 5.56 Å². The fourth-order valence-corrected chi connectivity index (χ4v) is 3.50. The Bertz CT molecular complexity index is 1270. The third-order valence-corrected chi connectivity index (χ3v) is 5.44. The maximum absolute atomic E-state index is 13.2.